The van der Waals surface area contributed by atoms with Crippen LogP contribution in [-0.2, 0) is 10.3 Å². The summed E-state index contributed by atoms with van der Waals surface area (Å²) in [7, 11) is 0. The normalized spacial score (nSPS) is 20.2. The average Bonchev–Trinajstić information content (AvgIpc) is 3.19. The van der Waals surface area contributed by atoms with E-state index in [2.05, 4.69) is 10.2 Å². The molecule has 1 aliphatic rings. The number of rotatable bonds is 6. The van der Waals surface area contributed by atoms with Crippen LogP contribution in [0.25, 0.3) is 10.6 Å². The summed E-state index contributed by atoms with van der Waals surface area (Å²) < 4.78 is 6.10. The molecule has 1 saturated heterocycles. The lowest BCUT2D eigenvalue weighted by atomic mass is 9.80. The van der Waals surface area contributed by atoms with Gasteiger partial charge < -0.3 is 14.7 Å². The molecule has 1 aliphatic heterocycles. The number of hydrogen-bond acceptors (Lipinski definition) is 6. The molecular weight excluding hydrogens is 422 g/mol. The van der Waals surface area contributed by atoms with Crippen LogP contribution in [-0.4, -0.2) is 38.4 Å². The lowest BCUT2D eigenvalue weighted by Gasteiger charge is -2.45. The SMILES string of the molecule is Cc1nnc(-c2ccc([C@H](C)N3CCC(CC(C)(C)O)(c4ccccc4)OC3=O)cc2)s1. The molecule has 7 heteroatoms. The molecule has 1 fully saturated rings. The van der Waals surface area contributed by atoms with Gasteiger partial charge in [0, 0.05) is 24.9 Å². The van der Waals surface area contributed by atoms with E-state index in [1.165, 1.54) is 0 Å². The summed E-state index contributed by atoms with van der Waals surface area (Å²) in [5.41, 5.74) is 1.15. The van der Waals surface area contributed by atoms with Crippen LogP contribution < -0.4 is 0 Å². The van der Waals surface area contributed by atoms with Crippen molar-refractivity contribution in [1.82, 2.24) is 15.1 Å². The van der Waals surface area contributed by atoms with E-state index in [1.807, 2.05) is 68.4 Å². The van der Waals surface area contributed by atoms with Crippen LogP contribution in [0.15, 0.2) is 54.6 Å². The van der Waals surface area contributed by atoms with E-state index in [4.69, 9.17) is 4.74 Å². The Morgan fingerprint density at radius 1 is 1.16 bits per heavy atom. The minimum absolute atomic E-state index is 0.136. The van der Waals surface area contributed by atoms with E-state index in [-0.39, 0.29) is 12.1 Å². The standard InChI is InChI=1S/C25H29N3O3S/c1-17(19-10-12-20(13-11-19)22-27-26-18(2)32-22)28-15-14-25(31-23(28)29,16-24(3,4)30)21-8-6-5-7-9-21/h5-13,17,30H,14-16H2,1-4H3/t17-,25?/m0/s1. The lowest BCUT2D eigenvalue weighted by Crippen LogP contribution is -2.51. The number of carbonyl (C=O) groups is 1. The van der Waals surface area contributed by atoms with Gasteiger partial charge in [0.05, 0.1) is 11.6 Å². The highest BCUT2D eigenvalue weighted by molar-refractivity contribution is 7.14. The van der Waals surface area contributed by atoms with Gasteiger partial charge in [0.15, 0.2) is 0 Å². The van der Waals surface area contributed by atoms with Crippen molar-refractivity contribution in [2.24, 2.45) is 0 Å². The van der Waals surface area contributed by atoms with Crippen molar-refractivity contribution in [3.63, 3.8) is 0 Å². The topological polar surface area (TPSA) is 75.6 Å². The Kier molecular flexibility index (Phi) is 6.05. The molecule has 3 aromatic rings. The minimum Gasteiger partial charge on any atom is -0.438 e. The third kappa shape index (κ3) is 4.69. The Labute approximate surface area is 192 Å². The van der Waals surface area contributed by atoms with E-state index in [9.17, 15) is 9.90 Å². The highest BCUT2D eigenvalue weighted by Crippen LogP contribution is 2.42. The maximum atomic E-state index is 13.2. The van der Waals surface area contributed by atoms with Gasteiger partial charge in [-0.2, -0.15) is 0 Å². The van der Waals surface area contributed by atoms with Crippen molar-refractivity contribution in [3.05, 3.63) is 70.7 Å². The van der Waals surface area contributed by atoms with Crippen molar-refractivity contribution in [1.29, 1.82) is 0 Å². The van der Waals surface area contributed by atoms with E-state index in [1.54, 1.807) is 30.1 Å². The van der Waals surface area contributed by atoms with Gasteiger partial charge in [0.1, 0.15) is 15.6 Å². The van der Waals surface area contributed by atoms with Gasteiger partial charge in [0.2, 0.25) is 0 Å². The van der Waals surface area contributed by atoms with Crippen LogP contribution in [0.3, 0.4) is 0 Å². The van der Waals surface area contributed by atoms with Crippen molar-refractivity contribution in [3.8, 4) is 10.6 Å². The summed E-state index contributed by atoms with van der Waals surface area (Å²) in [6.45, 7) is 8.00. The van der Waals surface area contributed by atoms with Gasteiger partial charge in [-0.15, -0.1) is 10.2 Å². The Morgan fingerprint density at radius 3 is 2.41 bits per heavy atom. The molecule has 1 amide bonds. The van der Waals surface area contributed by atoms with Gasteiger partial charge >= 0.3 is 6.09 Å². The number of hydrogen-bond donors (Lipinski definition) is 1. The van der Waals surface area contributed by atoms with Crippen molar-refractivity contribution in [2.75, 3.05) is 6.54 Å². The van der Waals surface area contributed by atoms with Gasteiger partial charge in [-0.05, 0) is 38.8 Å². The lowest BCUT2D eigenvalue weighted by molar-refractivity contribution is -0.101. The molecular formula is C25H29N3O3S. The van der Waals surface area contributed by atoms with Crippen LogP contribution >= 0.6 is 11.3 Å². The smallest absolute Gasteiger partial charge is 0.411 e. The first kappa shape index (κ1) is 22.4. The molecule has 32 heavy (non-hydrogen) atoms. The number of aromatic nitrogens is 2. The number of amides is 1. The quantitative estimate of drug-likeness (QED) is 0.538. The summed E-state index contributed by atoms with van der Waals surface area (Å²) >= 11 is 1.56. The Balaban J connectivity index is 1.53. The second-order valence-electron chi connectivity index (χ2n) is 9.09. The number of ether oxygens (including phenoxy) is 1. The fourth-order valence-electron chi connectivity index (χ4n) is 4.39. The molecule has 0 aliphatic carbocycles. The van der Waals surface area contributed by atoms with Crippen molar-refractivity contribution >= 4 is 17.4 Å². The van der Waals surface area contributed by atoms with Crippen LogP contribution in [0.1, 0.15) is 55.8 Å². The number of benzene rings is 2. The summed E-state index contributed by atoms with van der Waals surface area (Å²) in [5.74, 6) is 0. The molecule has 1 unspecified atom stereocenters. The summed E-state index contributed by atoms with van der Waals surface area (Å²) in [6.07, 6.45) is 0.591. The van der Waals surface area contributed by atoms with E-state index < -0.39 is 11.2 Å². The monoisotopic (exact) mass is 451 g/mol. The number of carbonyl (C=O) groups excluding carboxylic acids is 1. The number of aliphatic hydroxyl groups is 1. The number of nitrogens with zero attached hydrogens (tertiary/aromatic N) is 3. The van der Waals surface area contributed by atoms with Crippen LogP contribution in [0.2, 0.25) is 0 Å². The van der Waals surface area contributed by atoms with Gasteiger partial charge in [-0.1, -0.05) is 65.9 Å². The Morgan fingerprint density at radius 2 is 1.84 bits per heavy atom. The highest BCUT2D eigenvalue weighted by atomic mass is 32.1. The van der Waals surface area contributed by atoms with E-state index >= 15 is 0 Å². The number of cyclic esters (lactones) is 1. The molecule has 0 spiro atoms. The predicted molar refractivity (Wildman–Crippen MR) is 125 cm³/mol. The van der Waals surface area contributed by atoms with Crippen LogP contribution in [0, 0.1) is 6.92 Å². The third-order valence-corrected chi connectivity index (χ3v) is 6.81. The zero-order chi connectivity index (χ0) is 22.9. The zero-order valence-electron chi connectivity index (χ0n) is 18.9. The van der Waals surface area contributed by atoms with Gasteiger partial charge in [-0.25, -0.2) is 4.79 Å². The molecule has 0 saturated carbocycles. The minimum atomic E-state index is -0.969. The first-order valence-electron chi connectivity index (χ1n) is 10.8. The molecule has 2 aromatic carbocycles. The fourth-order valence-corrected chi connectivity index (χ4v) is 5.09. The largest absolute Gasteiger partial charge is 0.438 e. The summed E-state index contributed by atoms with van der Waals surface area (Å²) in [4.78, 5) is 14.9. The first-order chi connectivity index (χ1) is 15.2. The maximum absolute atomic E-state index is 13.2. The molecule has 2 heterocycles. The first-order valence-corrected chi connectivity index (χ1v) is 11.7. The van der Waals surface area contributed by atoms with Crippen LogP contribution in [0.5, 0.6) is 0 Å². The Bertz CT molecular complexity index is 1080. The molecule has 0 bridgehead atoms. The zero-order valence-corrected chi connectivity index (χ0v) is 19.7. The van der Waals surface area contributed by atoms with Gasteiger partial charge in [0.25, 0.3) is 0 Å². The molecule has 168 valence electrons. The molecule has 1 aromatic heterocycles. The molecule has 1 N–H and O–H groups in total. The molecule has 4 rings (SSSR count). The molecule has 6 nitrogen and oxygen atoms in total. The third-order valence-electron chi connectivity index (χ3n) is 5.93. The second kappa shape index (κ2) is 8.64. The molecule has 0 radical (unpaired) electrons. The van der Waals surface area contributed by atoms with Crippen molar-refractivity contribution in [2.45, 2.75) is 57.8 Å². The second-order valence-corrected chi connectivity index (χ2v) is 10.3. The van der Waals surface area contributed by atoms with E-state index in [0.29, 0.717) is 19.4 Å². The number of aryl methyl sites for hydroxylation is 1. The maximum Gasteiger partial charge on any atom is 0.411 e. The Hall–Kier alpha value is -2.77. The summed E-state index contributed by atoms with van der Waals surface area (Å²) in [5, 5.41) is 20.6. The van der Waals surface area contributed by atoms with Crippen LogP contribution in [0.4, 0.5) is 4.79 Å². The molecule has 2 atom stereocenters. The predicted octanol–water partition coefficient (Wildman–Crippen LogP) is 5.47. The van der Waals surface area contributed by atoms with Crippen molar-refractivity contribution < 1.29 is 14.6 Å². The van der Waals surface area contributed by atoms with E-state index in [0.717, 1.165) is 26.7 Å². The fraction of sp³-hybridized carbons (Fsp3) is 0.400. The van der Waals surface area contributed by atoms with Gasteiger partial charge in [-0.3, -0.25) is 0 Å². The summed E-state index contributed by atoms with van der Waals surface area (Å²) in [6, 6.07) is 17.7. The highest BCUT2D eigenvalue weighted by Gasteiger charge is 2.46. The average molecular weight is 452 g/mol.